The van der Waals surface area contributed by atoms with Gasteiger partial charge in [0.2, 0.25) is 5.75 Å². The first-order valence-electron chi connectivity index (χ1n) is 10.2. The molecule has 3 rings (SSSR count). The average Bonchev–Trinajstić information content (AvgIpc) is 2.84. The van der Waals surface area contributed by atoms with E-state index < -0.39 is 0 Å². The van der Waals surface area contributed by atoms with Crippen LogP contribution in [0.15, 0.2) is 54.6 Å². The summed E-state index contributed by atoms with van der Waals surface area (Å²) in [5.74, 6) is 0.980. The number of amides is 2. The molecule has 0 aliphatic carbocycles. The lowest BCUT2D eigenvalue weighted by atomic mass is 10.1. The van der Waals surface area contributed by atoms with Crippen molar-refractivity contribution in [3.63, 3.8) is 0 Å². The number of benzene rings is 3. The molecule has 0 spiro atoms. The predicted octanol–water partition coefficient (Wildman–Crippen LogP) is 4.94. The summed E-state index contributed by atoms with van der Waals surface area (Å²) in [6.45, 7) is 1.69. The molecule has 0 aliphatic rings. The largest absolute Gasteiger partial charge is 0.493 e. The lowest BCUT2D eigenvalue weighted by Crippen LogP contribution is -2.20. The number of ether oxygens (including phenoxy) is 4. The van der Waals surface area contributed by atoms with Gasteiger partial charge in [-0.05, 0) is 67.1 Å². The number of carbonyl (C=O) groups excluding carboxylic acids is 2. The second-order valence-corrected chi connectivity index (χ2v) is 7.63. The van der Waals surface area contributed by atoms with Crippen LogP contribution in [0.2, 0.25) is 5.02 Å². The Morgan fingerprint density at radius 1 is 0.853 bits per heavy atom. The van der Waals surface area contributed by atoms with Crippen molar-refractivity contribution in [3.8, 4) is 23.0 Å². The first-order chi connectivity index (χ1) is 16.3. The van der Waals surface area contributed by atoms with Crippen LogP contribution in [0.25, 0.3) is 0 Å². The highest BCUT2D eigenvalue weighted by atomic mass is 35.5. The van der Waals surface area contributed by atoms with Gasteiger partial charge in [-0.3, -0.25) is 9.59 Å². The third kappa shape index (κ3) is 6.11. The molecule has 0 aromatic heterocycles. The zero-order chi connectivity index (χ0) is 24.7. The van der Waals surface area contributed by atoms with Gasteiger partial charge in [-0.15, -0.1) is 0 Å². The molecule has 34 heavy (non-hydrogen) atoms. The van der Waals surface area contributed by atoms with Crippen molar-refractivity contribution in [2.24, 2.45) is 0 Å². The van der Waals surface area contributed by atoms with Gasteiger partial charge in [0, 0.05) is 22.0 Å². The zero-order valence-corrected chi connectivity index (χ0v) is 20.0. The minimum atomic E-state index is -0.356. The molecule has 0 aliphatic heterocycles. The maximum atomic E-state index is 12.7. The van der Waals surface area contributed by atoms with E-state index in [0.717, 1.165) is 5.56 Å². The highest BCUT2D eigenvalue weighted by Crippen LogP contribution is 2.38. The van der Waals surface area contributed by atoms with Crippen LogP contribution in [0.5, 0.6) is 23.0 Å². The lowest BCUT2D eigenvalue weighted by Gasteiger charge is -2.14. The Balaban J connectivity index is 1.59. The molecule has 0 bridgehead atoms. The monoisotopic (exact) mass is 484 g/mol. The molecule has 0 atom stereocenters. The van der Waals surface area contributed by atoms with Crippen molar-refractivity contribution in [2.75, 3.05) is 38.6 Å². The van der Waals surface area contributed by atoms with Gasteiger partial charge in [0.25, 0.3) is 11.8 Å². The van der Waals surface area contributed by atoms with Gasteiger partial charge in [-0.2, -0.15) is 0 Å². The number of methoxy groups -OCH3 is 3. The summed E-state index contributed by atoms with van der Waals surface area (Å²) in [6.07, 6.45) is 0. The van der Waals surface area contributed by atoms with Crippen molar-refractivity contribution in [2.45, 2.75) is 6.92 Å². The number of nitrogens with one attached hydrogen (secondary N) is 2. The van der Waals surface area contributed by atoms with Crippen molar-refractivity contribution < 1.29 is 28.5 Å². The molecule has 2 amide bonds. The normalized spacial score (nSPS) is 10.3. The lowest BCUT2D eigenvalue weighted by molar-refractivity contribution is -0.118. The molecule has 8 nitrogen and oxygen atoms in total. The number of rotatable bonds is 9. The second-order valence-electron chi connectivity index (χ2n) is 7.19. The van der Waals surface area contributed by atoms with E-state index in [4.69, 9.17) is 30.5 Å². The molecule has 0 saturated carbocycles. The Kier molecular flexibility index (Phi) is 8.21. The molecule has 178 valence electrons. The fraction of sp³-hybridized carbons (Fsp3) is 0.200. The van der Waals surface area contributed by atoms with Crippen LogP contribution in [0, 0.1) is 6.92 Å². The molecular formula is C25H25ClN2O6. The SMILES string of the molecule is COc1cc(C(=O)Nc2ccc(OCC(=O)Nc3ccc(Cl)cc3C)cc2)cc(OC)c1OC. The fourth-order valence-corrected chi connectivity index (χ4v) is 3.38. The van der Waals surface area contributed by atoms with Gasteiger partial charge < -0.3 is 29.6 Å². The van der Waals surface area contributed by atoms with Crippen LogP contribution < -0.4 is 29.6 Å². The summed E-state index contributed by atoms with van der Waals surface area (Å²) >= 11 is 5.93. The topological polar surface area (TPSA) is 95.1 Å². The molecule has 0 fully saturated rings. The molecular weight excluding hydrogens is 460 g/mol. The van der Waals surface area contributed by atoms with Gasteiger partial charge in [-0.1, -0.05) is 11.6 Å². The van der Waals surface area contributed by atoms with E-state index in [-0.39, 0.29) is 18.4 Å². The first kappa shape index (κ1) is 24.7. The molecule has 9 heteroatoms. The molecule has 0 heterocycles. The van der Waals surface area contributed by atoms with E-state index in [1.807, 2.05) is 6.92 Å². The summed E-state index contributed by atoms with van der Waals surface area (Å²) < 4.78 is 21.4. The minimum absolute atomic E-state index is 0.167. The van der Waals surface area contributed by atoms with E-state index in [2.05, 4.69) is 10.6 Å². The number of hydrogen-bond donors (Lipinski definition) is 2. The van der Waals surface area contributed by atoms with Crippen molar-refractivity contribution in [1.82, 2.24) is 0 Å². The van der Waals surface area contributed by atoms with Crippen LogP contribution in [0.3, 0.4) is 0 Å². The Bertz CT molecular complexity index is 1160. The summed E-state index contributed by atoms with van der Waals surface area (Å²) in [4.78, 5) is 24.9. The maximum absolute atomic E-state index is 12.7. The number of hydrogen-bond acceptors (Lipinski definition) is 6. The van der Waals surface area contributed by atoms with Crippen molar-refractivity contribution in [1.29, 1.82) is 0 Å². The quantitative estimate of drug-likeness (QED) is 0.446. The van der Waals surface area contributed by atoms with E-state index in [9.17, 15) is 9.59 Å². The van der Waals surface area contributed by atoms with Crippen LogP contribution in [-0.2, 0) is 4.79 Å². The standard InChI is InChI=1S/C25H25ClN2O6/c1-15-11-17(26)5-10-20(15)28-23(29)14-34-19-8-6-18(7-9-19)27-25(30)16-12-21(31-2)24(33-4)22(13-16)32-3/h5-13H,14H2,1-4H3,(H,27,30)(H,28,29). The molecule has 3 aromatic rings. The average molecular weight is 485 g/mol. The summed E-state index contributed by atoms with van der Waals surface area (Å²) in [6, 6.07) is 15.0. The van der Waals surface area contributed by atoms with Crippen LogP contribution >= 0.6 is 11.6 Å². The van der Waals surface area contributed by atoms with Crippen molar-refractivity contribution in [3.05, 3.63) is 70.7 Å². The predicted molar refractivity (Wildman–Crippen MR) is 131 cm³/mol. The Morgan fingerprint density at radius 2 is 1.50 bits per heavy atom. The molecule has 0 saturated heterocycles. The first-order valence-corrected chi connectivity index (χ1v) is 10.6. The third-order valence-corrected chi connectivity index (χ3v) is 5.11. The zero-order valence-electron chi connectivity index (χ0n) is 19.2. The third-order valence-electron chi connectivity index (χ3n) is 4.87. The smallest absolute Gasteiger partial charge is 0.262 e. The van der Waals surface area contributed by atoms with E-state index in [1.165, 1.54) is 21.3 Å². The van der Waals surface area contributed by atoms with Crippen LogP contribution in [0.4, 0.5) is 11.4 Å². The van der Waals surface area contributed by atoms with Crippen molar-refractivity contribution >= 4 is 34.8 Å². The highest BCUT2D eigenvalue weighted by Gasteiger charge is 2.17. The number of carbonyl (C=O) groups is 2. The molecule has 0 radical (unpaired) electrons. The molecule has 2 N–H and O–H groups in total. The Morgan fingerprint density at radius 3 is 2.06 bits per heavy atom. The summed E-state index contributed by atoms with van der Waals surface area (Å²) in [5.41, 5.74) is 2.41. The Labute approximate surface area is 202 Å². The minimum Gasteiger partial charge on any atom is -0.493 e. The van der Waals surface area contributed by atoms with E-state index in [1.54, 1.807) is 54.6 Å². The van der Waals surface area contributed by atoms with Gasteiger partial charge in [0.05, 0.1) is 21.3 Å². The molecule has 3 aromatic carbocycles. The number of aryl methyl sites for hydroxylation is 1. The highest BCUT2D eigenvalue weighted by molar-refractivity contribution is 6.30. The Hall–Kier alpha value is -3.91. The van der Waals surface area contributed by atoms with Crippen LogP contribution in [0.1, 0.15) is 15.9 Å². The van der Waals surface area contributed by atoms with Crippen LogP contribution in [-0.4, -0.2) is 39.8 Å². The second kappa shape index (κ2) is 11.3. The fourth-order valence-electron chi connectivity index (χ4n) is 3.15. The van der Waals surface area contributed by atoms with E-state index in [0.29, 0.717) is 45.0 Å². The van der Waals surface area contributed by atoms with Gasteiger partial charge in [0.1, 0.15) is 5.75 Å². The molecule has 0 unspecified atom stereocenters. The summed E-state index contributed by atoms with van der Waals surface area (Å²) in [5, 5.41) is 6.18. The number of anilines is 2. The summed E-state index contributed by atoms with van der Waals surface area (Å²) in [7, 11) is 4.45. The van der Waals surface area contributed by atoms with Gasteiger partial charge in [-0.25, -0.2) is 0 Å². The van der Waals surface area contributed by atoms with E-state index >= 15 is 0 Å². The van der Waals surface area contributed by atoms with Gasteiger partial charge in [0.15, 0.2) is 18.1 Å². The van der Waals surface area contributed by atoms with Gasteiger partial charge >= 0.3 is 0 Å². The maximum Gasteiger partial charge on any atom is 0.262 e. The number of halogens is 1.